The van der Waals surface area contributed by atoms with Crippen molar-refractivity contribution >= 4 is 0 Å². The zero-order chi connectivity index (χ0) is 15.8. The molecule has 3 atom stereocenters. The number of morpholine rings is 1. The maximum atomic E-state index is 5.94. The van der Waals surface area contributed by atoms with E-state index >= 15 is 0 Å². The van der Waals surface area contributed by atoms with Crippen molar-refractivity contribution in [2.75, 3.05) is 33.3 Å². The second-order valence-electron chi connectivity index (χ2n) is 6.37. The third-order valence-electron chi connectivity index (χ3n) is 5.02. The highest BCUT2D eigenvalue weighted by molar-refractivity contribution is 5.31. The van der Waals surface area contributed by atoms with Crippen LogP contribution in [0.5, 0.6) is 0 Å². The van der Waals surface area contributed by atoms with Gasteiger partial charge in [0, 0.05) is 25.7 Å². The van der Waals surface area contributed by atoms with Crippen LogP contribution >= 0.6 is 0 Å². The number of likely N-dealkylation sites (N-methyl/N-ethyl adjacent to an activating group) is 1. The molecule has 0 N–H and O–H groups in total. The van der Waals surface area contributed by atoms with Crippen molar-refractivity contribution in [3.63, 3.8) is 0 Å². The van der Waals surface area contributed by atoms with Gasteiger partial charge in [-0.2, -0.15) is 4.68 Å². The number of aromatic nitrogens is 4. The van der Waals surface area contributed by atoms with Crippen molar-refractivity contribution in [1.29, 1.82) is 0 Å². The van der Waals surface area contributed by atoms with Crippen LogP contribution in [-0.4, -0.2) is 75.4 Å². The minimum Gasteiger partial charge on any atom is -0.374 e. The van der Waals surface area contributed by atoms with Gasteiger partial charge in [-0.25, -0.2) is 0 Å². The van der Waals surface area contributed by atoms with E-state index < -0.39 is 0 Å². The van der Waals surface area contributed by atoms with E-state index in [1.807, 2.05) is 35.0 Å². The Hall–Kier alpha value is -1.83. The standard InChI is InChI=1S/C16H22N6O/c1-12(21-10-14-15(11-21)23-9-8-20(14)2)16-17-18-19-22(16)13-6-4-3-5-7-13/h3-7,12,14-15H,8-11H2,1-2H3. The second kappa shape index (κ2) is 5.99. The van der Waals surface area contributed by atoms with Crippen LogP contribution in [0, 0.1) is 0 Å². The van der Waals surface area contributed by atoms with Crippen molar-refractivity contribution in [3.8, 4) is 5.69 Å². The zero-order valence-electron chi connectivity index (χ0n) is 13.5. The van der Waals surface area contributed by atoms with Crippen molar-refractivity contribution in [2.24, 2.45) is 0 Å². The molecule has 2 aromatic rings. The smallest absolute Gasteiger partial charge is 0.173 e. The summed E-state index contributed by atoms with van der Waals surface area (Å²) in [6, 6.07) is 10.6. The molecule has 3 unspecified atom stereocenters. The molecule has 122 valence electrons. The number of nitrogens with zero attached hydrogens (tertiary/aromatic N) is 6. The van der Waals surface area contributed by atoms with E-state index in [2.05, 4.69) is 39.3 Å². The van der Waals surface area contributed by atoms with E-state index in [9.17, 15) is 0 Å². The van der Waals surface area contributed by atoms with E-state index in [1.54, 1.807) is 0 Å². The fourth-order valence-corrected chi connectivity index (χ4v) is 3.57. The van der Waals surface area contributed by atoms with Crippen LogP contribution < -0.4 is 0 Å². The Morgan fingerprint density at radius 3 is 2.83 bits per heavy atom. The first-order valence-electron chi connectivity index (χ1n) is 8.13. The maximum Gasteiger partial charge on any atom is 0.173 e. The van der Waals surface area contributed by atoms with Gasteiger partial charge in [-0.15, -0.1) is 5.10 Å². The first-order chi connectivity index (χ1) is 11.2. The molecule has 0 amide bonds. The first-order valence-corrected chi connectivity index (χ1v) is 8.13. The number of fused-ring (bicyclic) bond motifs is 1. The zero-order valence-corrected chi connectivity index (χ0v) is 13.5. The molecule has 2 aliphatic heterocycles. The number of ether oxygens (including phenoxy) is 1. The molecular weight excluding hydrogens is 292 g/mol. The van der Waals surface area contributed by atoms with Crippen LogP contribution in [0.2, 0.25) is 0 Å². The number of hydrogen-bond donors (Lipinski definition) is 0. The van der Waals surface area contributed by atoms with Crippen LogP contribution in [0.25, 0.3) is 5.69 Å². The molecule has 2 aliphatic rings. The molecule has 0 spiro atoms. The summed E-state index contributed by atoms with van der Waals surface area (Å²) in [6.07, 6.45) is 0.289. The number of para-hydroxylation sites is 1. The molecular formula is C16H22N6O. The largest absolute Gasteiger partial charge is 0.374 e. The first kappa shape index (κ1) is 14.7. The summed E-state index contributed by atoms with van der Waals surface area (Å²) in [4.78, 5) is 4.82. The summed E-state index contributed by atoms with van der Waals surface area (Å²) < 4.78 is 7.77. The Morgan fingerprint density at radius 1 is 1.22 bits per heavy atom. The molecule has 4 rings (SSSR count). The summed E-state index contributed by atoms with van der Waals surface area (Å²) in [5.74, 6) is 0.873. The van der Waals surface area contributed by atoms with Gasteiger partial charge in [-0.05, 0) is 36.5 Å². The molecule has 0 saturated carbocycles. The van der Waals surface area contributed by atoms with E-state index in [4.69, 9.17) is 4.74 Å². The number of tetrazole rings is 1. The lowest BCUT2D eigenvalue weighted by atomic mass is 10.1. The van der Waals surface area contributed by atoms with E-state index in [0.717, 1.165) is 37.8 Å². The number of likely N-dealkylation sites (tertiary alicyclic amines) is 1. The molecule has 2 saturated heterocycles. The van der Waals surface area contributed by atoms with Gasteiger partial charge >= 0.3 is 0 Å². The molecule has 3 heterocycles. The Morgan fingerprint density at radius 2 is 2.04 bits per heavy atom. The molecule has 1 aromatic carbocycles. The Balaban J connectivity index is 1.57. The fourth-order valence-electron chi connectivity index (χ4n) is 3.57. The molecule has 23 heavy (non-hydrogen) atoms. The van der Waals surface area contributed by atoms with Gasteiger partial charge in [0.15, 0.2) is 5.82 Å². The Kier molecular flexibility index (Phi) is 3.84. The van der Waals surface area contributed by atoms with E-state index in [1.165, 1.54) is 0 Å². The van der Waals surface area contributed by atoms with Crippen LogP contribution in [-0.2, 0) is 4.74 Å². The van der Waals surface area contributed by atoms with Crippen molar-refractivity contribution in [2.45, 2.75) is 25.1 Å². The highest BCUT2D eigenvalue weighted by atomic mass is 16.5. The Bertz CT molecular complexity index is 660. The number of hydrogen-bond acceptors (Lipinski definition) is 6. The Labute approximate surface area is 135 Å². The van der Waals surface area contributed by atoms with Crippen LogP contribution in [0.15, 0.2) is 30.3 Å². The van der Waals surface area contributed by atoms with Crippen molar-refractivity contribution in [1.82, 2.24) is 30.0 Å². The van der Waals surface area contributed by atoms with Crippen LogP contribution in [0.1, 0.15) is 18.8 Å². The lowest BCUT2D eigenvalue weighted by Gasteiger charge is -2.33. The quantitative estimate of drug-likeness (QED) is 0.833. The summed E-state index contributed by atoms with van der Waals surface area (Å²) in [5.41, 5.74) is 0.990. The van der Waals surface area contributed by atoms with Gasteiger partial charge in [0.05, 0.1) is 24.4 Å². The molecule has 2 fully saturated rings. The predicted molar refractivity (Wildman–Crippen MR) is 85.3 cm³/mol. The van der Waals surface area contributed by atoms with Gasteiger partial charge < -0.3 is 4.74 Å². The van der Waals surface area contributed by atoms with E-state index in [-0.39, 0.29) is 12.1 Å². The minimum atomic E-state index is 0.146. The SMILES string of the molecule is CC(c1nnnn1-c1ccccc1)N1CC2OCCN(C)C2C1. The lowest BCUT2D eigenvalue weighted by molar-refractivity contribution is -0.0372. The molecule has 0 radical (unpaired) electrons. The summed E-state index contributed by atoms with van der Waals surface area (Å²) in [6.45, 7) is 5.91. The fraction of sp³-hybridized carbons (Fsp3) is 0.562. The number of rotatable bonds is 3. The summed E-state index contributed by atoms with van der Waals surface area (Å²) in [7, 11) is 2.18. The average molecular weight is 314 g/mol. The van der Waals surface area contributed by atoms with E-state index in [0.29, 0.717) is 6.04 Å². The highest BCUT2D eigenvalue weighted by Crippen LogP contribution is 2.29. The third kappa shape index (κ3) is 2.65. The number of benzene rings is 1. The highest BCUT2D eigenvalue weighted by Gasteiger charge is 2.41. The van der Waals surface area contributed by atoms with Gasteiger partial charge in [-0.1, -0.05) is 18.2 Å². The van der Waals surface area contributed by atoms with Gasteiger partial charge in [0.25, 0.3) is 0 Å². The molecule has 7 heteroatoms. The maximum absolute atomic E-state index is 5.94. The predicted octanol–water partition coefficient (Wildman–Crippen LogP) is 0.738. The molecule has 0 aliphatic carbocycles. The summed E-state index contributed by atoms with van der Waals surface area (Å²) in [5, 5.41) is 12.3. The van der Waals surface area contributed by atoms with Crippen LogP contribution in [0.3, 0.4) is 0 Å². The van der Waals surface area contributed by atoms with Crippen molar-refractivity contribution in [3.05, 3.63) is 36.2 Å². The van der Waals surface area contributed by atoms with Crippen LogP contribution in [0.4, 0.5) is 0 Å². The second-order valence-corrected chi connectivity index (χ2v) is 6.37. The van der Waals surface area contributed by atoms with Gasteiger partial charge in [0.1, 0.15) is 0 Å². The minimum absolute atomic E-state index is 0.146. The average Bonchev–Trinajstić information content (AvgIpc) is 3.23. The molecule has 7 nitrogen and oxygen atoms in total. The molecule has 0 bridgehead atoms. The monoisotopic (exact) mass is 314 g/mol. The lowest BCUT2D eigenvalue weighted by Crippen LogP contribution is -2.48. The summed E-state index contributed by atoms with van der Waals surface area (Å²) >= 11 is 0. The third-order valence-corrected chi connectivity index (χ3v) is 5.02. The molecule has 1 aromatic heterocycles. The van der Waals surface area contributed by atoms with Gasteiger partial charge in [0.2, 0.25) is 0 Å². The van der Waals surface area contributed by atoms with Crippen molar-refractivity contribution < 1.29 is 4.74 Å². The normalized spacial score (nSPS) is 27.0. The topological polar surface area (TPSA) is 59.3 Å². The van der Waals surface area contributed by atoms with Gasteiger partial charge in [-0.3, -0.25) is 9.80 Å².